The van der Waals surface area contributed by atoms with Crippen LogP contribution in [-0.4, -0.2) is 46.8 Å². The minimum Gasteiger partial charge on any atom is -0.389 e. The van der Waals surface area contributed by atoms with Crippen molar-refractivity contribution in [2.75, 3.05) is 25.6 Å². The van der Waals surface area contributed by atoms with E-state index in [4.69, 9.17) is 14.2 Å². The number of aliphatic hydroxyl groups is 1. The molecule has 3 rings (SSSR count). The van der Waals surface area contributed by atoms with E-state index in [2.05, 4.69) is 19.1 Å². The van der Waals surface area contributed by atoms with Crippen LogP contribution in [0.5, 0.6) is 0 Å². The van der Waals surface area contributed by atoms with Gasteiger partial charge in [-0.3, -0.25) is 0 Å². The van der Waals surface area contributed by atoms with Crippen molar-refractivity contribution in [2.45, 2.75) is 75.1 Å². The highest BCUT2D eigenvalue weighted by molar-refractivity contribution is 8.77. The van der Waals surface area contributed by atoms with Crippen LogP contribution in [0.4, 0.5) is 0 Å². The predicted octanol–water partition coefficient (Wildman–Crippen LogP) is 5.19. The lowest BCUT2D eigenvalue weighted by atomic mass is 9.77. The highest BCUT2D eigenvalue weighted by Gasteiger charge is 2.50. The lowest BCUT2D eigenvalue weighted by molar-refractivity contribution is -0.203. The molecule has 0 radical (unpaired) electrons. The van der Waals surface area contributed by atoms with Crippen molar-refractivity contribution >= 4 is 21.6 Å². The zero-order valence-electron chi connectivity index (χ0n) is 17.2. The Hall–Kier alpha value is -0.240. The highest BCUT2D eigenvalue weighted by atomic mass is 33.1. The molecular weight excluding hydrogens is 392 g/mol. The summed E-state index contributed by atoms with van der Waals surface area (Å²) in [4.78, 5) is 0. The zero-order valence-corrected chi connectivity index (χ0v) is 18.8. The molecule has 0 aliphatic carbocycles. The van der Waals surface area contributed by atoms with Gasteiger partial charge in [-0.25, -0.2) is 0 Å². The van der Waals surface area contributed by atoms with Crippen LogP contribution < -0.4 is 0 Å². The number of hydrogen-bond donors (Lipinski definition) is 1. The molecule has 0 bridgehead atoms. The Morgan fingerprint density at radius 3 is 2.57 bits per heavy atom. The molecule has 0 amide bonds. The fourth-order valence-corrected chi connectivity index (χ4v) is 7.79. The molecule has 1 aromatic rings. The summed E-state index contributed by atoms with van der Waals surface area (Å²) in [5, 5.41) is 11.3. The average Bonchev–Trinajstić information content (AvgIpc) is 3.17. The van der Waals surface area contributed by atoms with Gasteiger partial charge in [0.1, 0.15) is 6.61 Å². The molecule has 2 aliphatic rings. The first kappa shape index (κ1) is 22.4. The summed E-state index contributed by atoms with van der Waals surface area (Å²) in [7, 11) is 3.77. The van der Waals surface area contributed by atoms with Crippen LogP contribution in [0.2, 0.25) is 0 Å². The summed E-state index contributed by atoms with van der Waals surface area (Å²) in [5.74, 6) is 0.472. The van der Waals surface area contributed by atoms with E-state index in [1.54, 1.807) is 0 Å². The third-order valence-electron chi connectivity index (χ3n) is 5.90. The number of rotatable bonds is 10. The van der Waals surface area contributed by atoms with Gasteiger partial charge in [0.05, 0.1) is 30.2 Å². The van der Waals surface area contributed by atoms with E-state index in [1.165, 1.54) is 0 Å². The first-order valence-electron chi connectivity index (χ1n) is 10.4. The minimum atomic E-state index is -0.690. The first-order valence-corrected chi connectivity index (χ1v) is 12.8. The summed E-state index contributed by atoms with van der Waals surface area (Å²) in [6, 6.07) is 10.2. The Morgan fingerprint density at radius 2 is 1.93 bits per heavy atom. The van der Waals surface area contributed by atoms with Gasteiger partial charge in [0.25, 0.3) is 0 Å². The van der Waals surface area contributed by atoms with Crippen molar-refractivity contribution < 1.29 is 19.3 Å². The van der Waals surface area contributed by atoms with Crippen LogP contribution in [-0.2, 0) is 20.8 Å². The molecule has 2 saturated heterocycles. The SMILES string of the molecule is CCCC(C)(O)C1(CCC2(COCc3ccccc3)OCCO2)CCCSS1. The Labute approximate surface area is 177 Å². The van der Waals surface area contributed by atoms with Crippen LogP contribution in [0.1, 0.15) is 57.9 Å². The van der Waals surface area contributed by atoms with E-state index in [0.29, 0.717) is 26.4 Å². The molecule has 0 aromatic heterocycles. The van der Waals surface area contributed by atoms with Gasteiger partial charge in [-0.1, -0.05) is 65.3 Å². The molecule has 0 spiro atoms. The Morgan fingerprint density at radius 1 is 1.18 bits per heavy atom. The maximum Gasteiger partial charge on any atom is 0.192 e. The Balaban J connectivity index is 1.63. The van der Waals surface area contributed by atoms with Gasteiger partial charge in [-0.15, -0.1) is 0 Å². The van der Waals surface area contributed by atoms with Crippen LogP contribution in [0.25, 0.3) is 0 Å². The second-order valence-electron chi connectivity index (χ2n) is 8.11. The third-order valence-corrected chi connectivity index (χ3v) is 9.45. The van der Waals surface area contributed by atoms with Gasteiger partial charge in [0.15, 0.2) is 5.79 Å². The standard InChI is InChI=1S/C22H34O4S2/c1-3-10-20(2,23)21(11-7-16-27-28-21)12-13-22(25-14-15-26-22)18-24-17-19-8-5-4-6-9-19/h4-6,8-9,23H,3,7,10-18H2,1-2H3. The minimum absolute atomic E-state index is 0.159. The molecule has 2 atom stereocenters. The third kappa shape index (κ3) is 5.46. The molecule has 6 heteroatoms. The molecule has 2 unspecified atom stereocenters. The monoisotopic (exact) mass is 426 g/mol. The van der Waals surface area contributed by atoms with Gasteiger partial charge >= 0.3 is 0 Å². The molecule has 2 heterocycles. The van der Waals surface area contributed by atoms with E-state index in [0.717, 1.165) is 49.8 Å². The number of benzene rings is 1. The van der Waals surface area contributed by atoms with Crippen LogP contribution in [0.3, 0.4) is 0 Å². The van der Waals surface area contributed by atoms with Crippen molar-refractivity contribution in [3.05, 3.63) is 35.9 Å². The summed E-state index contributed by atoms with van der Waals surface area (Å²) < 4.78 is 17.9. The Kier molecular flexibility index (Phi) is 8.16. The van der Waals surface area contributed by atoms with Crippen LogP contribution in [0.15, 0.2) is 30.3 Å². The molecule has 0 saturated carbocycles. The smallest absolute Gasteiger partial charge is 0.192 e. The van der Waals surface area contributed by atoms with Crippen molar-refractivity contribution in [3.8, 4) is 0 Å². The first-order chi connectivity index (χ1) is 13.5. The molecule has 2 fully saturated rings. The molecular formula is C22H34O4S2. The summed E-state index contributed by atoms with van der Waals surface area (Å²) in [6.07, 6.45) is 5.61. The molecule has 28 heavy (non-hydrogen) atoms. The lowest BCUT2D eigenvalue weighted by Crippen LogP contribution is -2.51. The van der Waals surface area contributed by atoms with Gasteiger partial charge in [-0.2, -0.15) is 0 Å². The maximum atomic E-state index is 11.3. The van der Waals surface area contributed by atoms with Gasteiger partial charge in [0.2, 0.25) is 0 Å². The van der Waals surface area contributed by atoms with Gasteiger partial charge < -0.3 is 19.3 Å². The largest absolute Gasteiger partial charge is 0.389 e. The zero-order chi connectivity index (χ0) is 19.9. The van der Waals surface area contributed by atoms with E-state index >= 15 is 0 Å². The lowest BCUT2D eigenvalue weighted by Gasteiger charge is -2.48. The Bertz CT molecular complexity index is 581. The molecule has 158 valence electrons. The van der Waals surface area contributed by atoms with E-state index in [9.17, 15) is 5.11 Å². The predicted molar refractivity (Wildman–Crippen MR) is 118 cm³/mol. The van der Waals surface area contributed by atoms with Crippen LogP contribution >= 0.6 is 21.6 Å². The van der Waals surface area contributed by atoms with Gasteiger partial charge in [-0.05, 0) is 38.2 Å². The number of ether oxygens (including phenoxy) is 3. The summed E-state index contributed by atoms with van der Waals surface area (Å²) in [6.45, 7) is 6.35. The van der Waals surface area contributed by atoms with Crippen molar-refractivity contribution in [3.63, 3.8) is 0 Å². The highest BCUT2D eigenvalue weighted by Crippen LogP contribution is 2.55. The summed E-state index contributed by atoms with van der Waals surface area (Å²) in [5.41, 5.74) is 0.460. The topological polar surface area (TPSA) is 47.9 Å². The summed E-state index contributed by atoms with van der Waals surface area (Å²) >= 11 is 0. The second-order valence-corrected chi connectivity index (χ2v) is 10.9. The van der Waals surface area contributed by atoms with E-state index in [1.807, 2.05) is 46.7 Å². The van der Waals surface area contributed by atoms with E-state index in [-0.39, 0.29) is 4.75 Å². The second kappa shape index (κ2) is 10.2. The van der Waals surface area contributed by atoms with Crippen molar-refractivity contribution in [1.29, 1.82) is 0 Å². The maximum absolute atomic E-state index is 11.3. The fourth-order valence-electron chi connectivity index (χ4n) is 4.21. The molecule has 4 nitrogen and oxygen atoms in total. The van der Waals surface area contributed by atoms with Crippen molar-refractivity contribution in [2.24, 2.45) is 0 Å². The van der Waals surface area contributed by atoms with Gasteiger partial charge in [0, 0.05) is 12.2 Å². The quantitative estimate of drug-likeness (QED) is 0.520. The average molecular weight is 427 g/mol. The molecule has 2 aliphatic heterocycles. The van der Waals surface area contributed by atoms with Crippen molar-refractivity contribution in [1.82, 2.24) is 0 Å². The van der Waals surface area contributed by atoms with Crippen LogP contribution in [0, 0.1) is 0 Å². The molecule has 1 aromatic carbocycles. The fraction of sp³-hybridized carbons (Fsp3) is 0.727. The normalized spacial score (nSPS) is 26.8. The molecule has 1 N–H and O–H groups in total. The number of hydrogen-bond acceptors (Lipinski definition) is 6. The van der Waals surface area contributed by atoms with E-state index < -0.39 is 11.4 Å².